The molecule has 0 atom stereocenters. The Balaban J connectivity index is 0.000000347. The van der Waals surface area contributed by atoms with E-state index in [2.05, 4.69) is 36.9 Å². The minimum Gasteiger partial charge on any atom is -0.379 e. The van der Waals surface area contributed by atoms with Gasteiger partial charge in [0.1, 0.15) is 0 Å². The molecule has 0 bridgehead atoms. The summed E-state index contributed by atoms with van der Waals surface area (Å²) >= 11 is 0. The third-order valence-electron chi connectivity index (χ3n) is 3.15. The first-order chi connectivity index (χ1) is 9.52. The number of morpholine rings is 1. The Hall–Kier alpha value is -1.43. The van der Waals surface area contributed by atoms with E-state index in [0.717, 1.165) is 32.8 Å². The van der Waals surface area contributed by atoms with Crippen LogP contribution in [0, 0.1) is 13.8 Å². The van der Waals surface area contributed by atoms with Crippen LogP contribution in [0.3, 0.4) is 0 Å². The number of carbonyl (C=O) groups is 1. The molecule has 1 aromatic carbocycles. The van der Waals surface area contributed by atoms with Crippen LogP contribution in [-0.4, -0.2) is 54.9 Å². The Morgan fingerprint density at radius 1 is 1.35 bits per heavy atom. The van der Waals surface area contributed by atoms with Gasteiger partial charge in [-0.25, -0.2) is 5.06 Å². The second kappa shape index (κ2) is 8.68. The number of nitrogens with zero attached hydrogens (tertiary/aromatic N) is 2. The number of benzene rings is 1. The van der Waals surface area contributed by atoms with Gasteiger partial charge in [-0.2, -0.15) is 0 Å². The van der Waals surface area contributed by atoms with Gasteiger partial charge in [0.2, 0.25) is 6.41 Å². The molecule has 1 aliphatic rings. The minimum atomic E-state index is 0.306. The van der Waals surface area contributed by atoms with Gasteiger partial charge in [0.15, 0.2) is 0 Å². The molecule has 0 aromatic heterocycles. The molecule has 112 valence electrons. The van der Waals surface area contributed by atoms with Crippen molar-refractivity contribution in [2.45, 2.75) is 20.4 Å². The van der Waals surface area contributed by atoms with Gasteiger partial charge in [0.25, 0.3) is 0 Å². The van der Waals surface area contributed by atoms with Crippen LogP contribution in [0.15, 0.2) is 18.2 Å². The van der Waals surface area contributed by atoms with Crippen LogP contribution in [0.4, 0.5) is 0 Å². The predicted molar refractivity (Wildman–Crippen MR) is 77.6 cm³/mol. The van der Waals surface area contributed by atoms with Crippen LogP contribution in [0.2, 0.25) is 0 Å². The molecule has 0 unspecified atom stereocenters. The second-order valence-electron chi connectivity index (χ2n) is 5.00. The first kappa shape index (κ1) is 16.6. The highest BCUT2D eigenvalue weighted by atomic mass is 16.5. The van der Waals surface area contributed by atoms with Crippen LogP contribution < -0.4 is 0 Å². The van der Waals surface area contributed by atoms with Gasteiger partial charge in [0, 0.05) is 26.7 Å². The molecule has 0 saturated carbocycles. The summed E-state index contributed by atoms with van der Waals surface area (Å²) in [5.41, 5.74) is 4.20. The minimum absolute atomic E-state index is 0.306. The molecule has 5 nitrogen and oxygen atoms in total. The number of ether oxygens (including phenoxy) is 1. The highest BCUT2D eigenvalue weighted by Crippen LogP contribution is 2.13. The van der Waals surface area contributed by atoms with Crippen molar-refractivity contribution in [2.75, 3.05) is 33.4 Å². The van der Waals surface area contributed by atoms with E-state index in [-0.39, 0.29) is 0 Å². The maximum Gasteiger partial charge on any atom is 0.232 e. The third kappa shape index (κ3) is 6.14. The third-order valence-corrected chi connectivity index (χ3v) is 3.15. The summed E-state index contributed by atoms with van der Waals surface area (Å²) in [6.07, 6.45) is 0.306. The molecule has 1 N–H and O–H groups in total. The summed E-state index contributed by atoms with van der Waals surface area (Å²) in [7, 11) is 1.24. The fourth-order valence-electron chi connectivity index (χ4n) is 2.02. The van der Waals surface area contributed by atoms with Gasteiger partial charge in [-0.05, 0) is 25.0 Å². The average Bonchev–Trinajstić information content (AvgIpc) is 2.44. The van der Waals surface area contributed by atoms with E-state index >= 15 is 0 Å². The molecule has 1 amide bonds. The number of carbonyl (C=O) groups excluding carboxylic acids is 1. The Kier molecular flexibility index (Phi) is 7.22. The lowest BCUT2D eigenvalue weighted by Crippen LogP contribution is -2.35. The van der Waals surface area contributed by atoms with E-state index in [0.29, 0.717) is 11.5 Å². The summed E-state index contributed by atoms with van der Waals surface area (Å²) in [6.45, 7) is 9.29. The van der Waals surface area contributed by atoms with E-state index in [1.54, 1.807) is 0 Å². The lowest BCUT2D eigenvalue weighted by Gasteiger charge is -2.27. The zero-order valence-corrected chi connectivity index (χ0v) is 12.5. The van der Waals surface area contributed by atoms with Gasteiger partial charge in [-0.15, -0.1) is 0 Å². The lowest BCUT2D eigenvalue weighted by atomic mass is 10.1. The van der Waals surface area contributed by atoms with Crippen molar-refractivity contribution < 1.29 is 14.7 Å². The zero-order valence-electron chi connectivity index (χ0n) is 12.5. The van der Waals surface area contributed by atoms with Gasteiger partial charge >= 0.3 is 0 Å². The van der Waals surface area contributed by atoms with Gasteiger partial charge < -0.3 is 4.74 Å². The molecule has 1 fully saturated rings. The van der Waals surface area contributed by atoms with Crippen molar-refractivity contribution in [3.05, 3.63) is 34.9 Å². The Morgan fingerprint density at radius 3 is 2.45 bits per heavy atom. The van der Waals surface area contributed by atoms with Crippen molar-refractivity contribution >= 4 is 6.41 Å². The van der Waals surface area contributed by atoms with Gasteiger partial charge in [-0.1, -0.05) is 23.8 Å². The molecule has 0 spiro atoms. The maximum atomic E-state index is 9.18. The summed E-state index contributed by atoms with van der Waals surface area (Å²) in [6, 6.07) is 6.71. The quantitative estimate of drug-likeness (QED) is 0.519. The van der Waals surface area contributed by atoms with E-state index in [4.69, 9.17) is 9.94 Å². The van der Waals surface area contributed by atoms with Crippen LogP contribution in [-0.2, 0) is 16.1 Å². The predicted octanol–water partition coefficient (Wildman–Crippen LogP) is 1.60. The van der Waals surface area contributed by atoms with Crippen molar-refractivity contribution in [1.29, 1.82) is 0 Å². The fraction of sp³-hybridized carbons (Fsp3) is 0.533. The number of amides is 1. The SMILES string of the molecule is CN(O)C=O.Cc1ccc(CN2CCOCC2)c(C)c1. The Labute approximate surface area is 120 Å². The van der Waals surface area contributed by atoms with Crippen LogP contribution in [0.5, 0.6) is 0 Å². The molecule has 0 aliphatic carbocycles. The molecule has 1 aromatic rings. The number of rotatable bonds is 3. The second-order valence-corrected chi connectivity index (χ2v) is 5.00. The summed E-state index contributed by atoms with van der Waals surface area (Å²) in [5, 5.41) is 8.27. The summed E-state index contributed by atoms with van der Waals surface area (Å²) < 4.78 is 5.35. The molecule has 1 heterocycles. The van der Waals surface area contributed by atoms with Gasteiger partial charge in [-0.3, -0.25) is 14.9 Å². The number of hydrogen-bond acceptors (Lipinski definition) is 4. The largest absolute Gasteiger partial charge is 0.379 e. The van der Waals surface area contributed by atoms with E-state index in [1.807, 2.05) is 0 Å². The molecular formula is C15H24N2O3. The lowest BCUT2D eigenvalue weighted by molar-refractivity contribution is -0.143. The maximum absolute atomic E-state index is 9.18. The molecular weight excluding hydrogens is 256 g/mol. The molecule has 1 aliphatic heterocycles. The summed E-state index contributed by atoms with van der Waals surface area (Å²) in [4.78, 5) is 11.6. The first-order valence-corrected chi connectivity index (χ1v) is 6.76. The molecule has 0 radical (unpaired) electrons. The standard InChI is InChI=1S/C13H19NO.C2H5NO2/c1-11-3-4-13(12(2)9-11)10-14-5-7-15-8-6-14;1-3(5)2-4/h3-4,9H,5-8,10H2,1-2H3;2,5H,1H3. The van der Waals surface area contributed by atoms with E-state index in [9.17, 15) is 4.79 Å². The van der Waals surface area contributed by atoms with Crippen molar-refractivity contribution in [2.24, 2.45) is 0 Å². The monoisotopic (exact) mass is 280 g/mol. The fourth-order valence-corrected chi connectivity index (χ4v) is 2.02. The smallest absolute Gasteiger partial charge is 0.232 e. The molecule has 20 heavy (non-hydrogen) atoms. The number of aryl methyl sites for hydroxylation is 2. The summed E-state index contributed by atoms with van der Waals surface area (Å²) in [5.74, 6) is 0. The topological polar surface area (TPSA) is 53.0 Å². The first-order valence-electron chi connectivity index (χ1n) is 6.76. The van der Waals surface area contributed by atoms with E-state index < -0.39 is 0 Å². The van der Waals surface area contributed by atoms with Crippen LogP contribution >= 0.6 is 0 Å². The number of hydroxylamine groups is 2. The molecule has 5 heteroatoms. The molecule has 2 rings (SSSR count). The highest BCUT2D eigenvalue weighted by Gasteiger charge is 2.11. The number of hydrogen-bond donors (Lipinski definition) is 1. The normalized spacial score (nSPS) is 15.2. The van der Waals surface area contributed by atoms with Crippen LogP contribution in [0.25, 0.3) is 0 Å². The van der Waals surface area contributed by atoms with Crippen LogP contribution in [0.1, 0.15) is 16.7 Å². The highest BCUT2D eigenvalue weighted by molar-refractivity contribution is 5.43. The van der Waals surface area contributed by atoms with Crippen molar-refractivity contribution in [3.63, 3.8) is 0 Å². The van der Waals surface area contributed by atoms with Crippen molar-refractivity contribution in [3.8, 4) is 0 Å². The Morgan fingerprint density at radius 2 is 1.95 bits per heavy atom. The Bertz CT molecular complexity index is 416. The van der Waals surface area contributed by atoms with E-state index in [1.165, 1.54) is 23.7 Å². The van der Waals surface area contributed by atoms with Gasteiger partial charge in [0.05, 0.1) is 13.2 Å². The molecule has 1 saturated heterocycles. The average molecular weight is 280 g/mol. The van der Waals surface area contributed by atoms with Crippen molar-refractivity contribution in [1.82, 2.24) is 9.96 Å². The zero-order chi connectivity index (χ0) is 15.0.